The van der Waals surface area contributed by atoms with Gasteiger partial charge in [-0.1, -0.05) is 24.3 Å². The Kier molecular flexibility index (Phi) is 2.59. The first kappa shape index (κ1) is 9.59. The van der Waals surface area contributed by atoms with Crippen LogP contribution in [0.25, 0.3) is 11.1 Å². The molecule has 2 aromatic carbocycles. The highest BCUT2D eigenvalue weighted by atomic mass is 16.5. The fourth-order valence-corrected chi connectivity index (χ4v) is 1.45. The van der Waals surface area contributed by atoms with Crippen LogP contribution in [0, 0.1) is 6.07 Å². The Bertz CT molecular complexity index is 448. The van der Waals surface area contributed by atoms with Crippen molar-refractivity contribution in [2.24, 2.45) is 0 Å². The monoisotopic (exact) mass is 198 g/mol. The summed E-state index contributed by atoms with van der Waals surface area (Å²) in [6, 6.07) is 16.5. The highest BCUT2D eigenvalue weighted by molar-refractivity contribution is 5.67. The summed E-state index contributed by atoms with van der Waals surface area (Å²) in [7, 11) is 1.66. The largest absolute Gasteiger partial charge is 0.497 e. The first-order valence-corrected chi connectivity index (χ1v) is 4.71. The Morgan fingerprint density at radius 2 is 1.80 bits per heavy atom. The molecule has 0 amide bonds. The molecule has 0 heterocycles. The molecule has 0 aliphatic carbocycles. The molecule has 0 aliphatic heterocycles. The molecule has 0 saturated heterocycles. The van der Waals surface area contributed by atoms with Crippen LogP contribution >= 0.6 is 0 Å². The predicted molar refractivity (Wildman–Crippen MR) is 61.7 cm³/mol. The number of ether oxygens (including phenoxy) is 1. The Morgan fingerprint density at radius 3 is 2.40 bits per heavy atom. The Morgan fingerprint density at radius 1 is 1.07 bits per heavy atom. The lowest BCUT2D eigenvalue weighted by atomic mass is 10.1. The van der Waals surface area contributed by atoms with Crippen molar-refractivity contribution in [2.45, 2.75) is 0 Å². The maximum Gasteiger partial charge on any atom is 0.118 e. The van der Waals surface area contributed by atoms with Gasteiger partial charge in [0.15, 0.2) is 0 Å². The Hall–Kier alpha value is -1.96. The van der Waals surface area contributed by atoms with Gasteiger partial charge in [0.2, 0.25) is 0 Å². The normalized spacial score (nSPS) is 9.93. The van der Waals surface area contributed by atoms with Gasteiger partial charge in [-0.05, 0) is 29.3 Å². The zero-order valence-electron chi connectivity index (χ0n) is 8.53. The van der Waals surface area contributed by atoms with Gasteiger partial charge in [-0.2, -0.15) is 0 Å². The second-order valence-electron chi connectivity index (χ2n) is 3.26. The molecule has 2 heteroatoms. The van der Waals surface area contributed by atoms with Crippen LogP contribution in [0.3, 0.4) is 0 Å². The predicted octanol–water partition coefficient (Wildman–Crippen LogP) is 2.74. The van der Waals surface area contributed by atoms with Crippen LogP contribution in [-0.4, -0.2) is 7.11 Å². The lowest BCUT2D eigenvalue weighted by Crippen LogP contribution is -1.86. The van der Waals surface area contributed by atoms with Crippen LogP contribution in [0.5, 0.6) is 5.75 Å². The minimum absolute atomic E-state index is 0.656. The molecule has 0 saturated carbocycles. The summed E-state index contributed by atoms with van der Waals surface area (Å²) >= 11 is 0. The fraction of sp³-hybridized carbons (Fsp3) is 0.0769. The average molecular weight is 198 g/mol. The summed E-state index contributed by atoms with van der Waals surface area (Å²) in [6.45, 7) is 0. The van der Waals surface area contributed by atoms with Crippen molar-refractivity contribution in [3.8, 4) is 16.9 Å². The summed E-state index contributed by atoms with van der Waals surface area (Å²) in [6.07, 6.45) is 0. The zero-order chi connectivity index (χ0) is 10.7. The van der Waals surface area contributed by atoms with E-state index in [4.69, 9.17) is 10.5 Å². The number of nitrogens with two attached hydrogens (primary N) is 1. The smallest absolute Gasteiger partial charge is 0.118 e. The lowest BCUT2D eigenvalue weighted by Gasteiger charge is -2.04. The van der Waals surface area contributed by atoms with Crippen LogP contribution in [-0.2, 0) is 0 Å². The molecule has 2 rings (SSSR count). The van der Waals surface area contributed by atoms with Gasteiger partial charge in [0.25, 0.3) is 0 Å². The number of methoxy groups -OCH3 is 1. The molecule has 0 aromatic heterocycles. The molecule has 15 heavy (non-hydrogen) atoms. The highest BCUT2D eigenvalue weighted by Gasteiger charge is 1.98. The summed E-state index contributed by atoms with van der Waals surface area (Å²) < 4.78 is 5.10. The van der Waals surface area contributed by atoms with E-state index in [0.29, 0.717) is 5.69 Å². The number of hydrogen-bond donors (Lipinski definition) is 1. The van der Waals surface area contributed by atoms with Crippen molar-refractivity contribution >= 4 is 5.69 Å². The van der Waals surface area contributed by atoms with Crippen molar-refractivity contribution in [3.63, 3.8) is 0 Å². The quantitative estimate of drug-likeness (QED) is 0.753. The molecule has 0 atom stereocenters. The molecular weight excluding hydrogens is 186 g/mol. The summed E-state index contributed by atoms with van der Waals surface area (Å²) in [5.41, 5.74) is 8.54. The lowest BCUT2D eigenvalue weighted by molar-refractivity contribution is 0.415. The van der Waals surface area contributed by atoms with Gasteiger partial charge in [-0.15, -0.1) is 0 Å². The van der Waals surface area contributed by atoms with Crippen LogP contribution < -0.4 is 10.5 Å². The standard InChI is InChI=1S/C13H12NO/c1-15-13-7-5-10(6-8-13)11-3-2-4-12(14)9-11/h2-3,5-9H,14H2,1H3. The van der Waals surface area contributed by atoms with E-state index in [-0.39, 0.29) is 0 Å². The topological polar surface area (TPSA) is 35.2 Å². The van der Waals surface area contributed by atoms with Gasteiger partial charge < -0.3 is 10.5 Å². The maximum absolute atomic E-state index is 5.67. The van der Waals surface area contributed by atoms with Crippen molar-refractivity contribution in [2.75, 3.05) is 12.8 Å². The van der Waals surface area contributed by atoms with Crippen LogP contribution in [0.4, 0.5) is 5.69 Å². The van der Waals surface area contributed by atoms with E-state index in [0.717, 1.165) is 16.9 Å². The van der Waals surface area contributed by atoms with Crippen LogP contribution in [0.15, 0.2) is 42.5 Å². The van der Waals surface area contributed by atoms with Crippen LogP contribution in [0.1, 0.15) is 0 Å². The number of hydrogen-bond acceptors (Lipinski definition) is 2. The molecule has 75 valence electrons. The van der Waals surface area contributed by atoms with Gasteiger partial charge in [0.05, 0.1) is 7.11 Å². The third-order valence-corrected chi connectivity index (χ3v) is 2.25. The zero-order valence-corrected chi connectivity index (χ0v) is 8.53. The van der Waals surface area contributed by atoms with Crippen molar-refractivity contribution in [1.29, 1.82) is 0 Å². The number of benzene rings is 2. The van der Waals surface area contributed by atoms with E-state index in [2.05, 4.69) is 6.07 Å². The molecule has 0 spiro atoms. The molecule has 1 radical (unpaired) electrons. The average Bonchev–Trinajstić information content (AvgIpc) is 2.29. The van der Waals surface area contributed by atoms with Crippen molar-refractivity contribution in [1.82, 2.24) is 0 Å². The van der Waals surface area contributed by atoms with Gasteiger partial charge in [-0.3, -0.25) is 0 Å². The van der Waals surface area contributed by atoms with E-state index >= 15 is 0 Å². The third-order valence-electron chi connectivity index (χ3n) is 2.25. The molecule has 2 N–H and O–H groups in total. The number of nitrogen functional groups attached to an aromatic ring is 1. The molecule has 0 unspecified atom stereocenters. The number of anilines is 1. The van der Waals surface area contributed by atoms with Crippen LogP contribution in [0.2, 0.25) is 0 Å². The minimum atomic E-state index is 0.656. The van der Waals surface area contributed by atoms with Gasteiger partial charge in [-0.25, -0.2) is 0 Å². The second-order valence-corrected chi connectivity index (χ2v) is 3.26. The summed E-state index contributed by atoms with van der Waals surface area (Å²) in [5, 5.41) is 0. The molecular formula is C13H12NO. The maximum atomic E-state index is 5.67. The first-order valence-electron chi connectivity index (χ1n) is 4.71. The first-order chi connectivity index (χ1) is 7.29. The molecule has 2 aromatic rings. The SMILES string of the molecule is COc1ccc(-c2cc[c]c(N)c2)cc1. The van der Waals surface area contributed by atoms with Gasteiger partial charge in [0.1, 0.15) is 5.75 Å². The summed E-state index contributed by atoms with van der Waals surface area (Å²) in [4.78, 5) is 0. The van der Waals surface area contributed by atoms with E-state index < -0.39 is 0 Å². The Balaban J connectivity index is 2.37. The molecule has 0 bridgehead atoms. The van der Waals surface area contributed by atoms with E-state index in [1.54, 1.807) is 7.11 Å². The minimum Gasteiger partial charge on any atom is -0.497 e. The van der Waals surface area contributed by atoms with E-state index in [1.165, 1.54) is 0 Å². The van der Waals surface area contributed by atoms with Crippen molar-refractivity contribution < 1.29 is 4.74 Å². The summed E-state index contributed by atoms with van der Waals surface area (Å²) in [5.74, 6) is 0.856. The molecule has 2 nitrogen and oxygen atoms in total. The van der Waals surface area contributed by atoms with E-state index in [1.807, 2.05) is 42.5 Å². The van der Waals surface area contributed by atoms with E-state index in [9.17, 15) is 0 Å². The fourth-order valence-electron chi connectivity index (χ4n) is 1.45. The number of rotatable bonds is 2. The molecule has 0 fully saturated rings. The van der Waals surface area contributed by atoms with Gasteiger partial charge in [0, 0.05) is 11.8 Å². The van der Waals surface area contributed by atoms with Gasteiger partial charge >= 0.3 is 0 Å². The third kappa shape index (κ3) is 2.10. The highest BCUT2D eigenvalue weighted by Crippen LogP contribution is 2.23. The molecule has 0 aliphatic rings. The Labute approximate surface area is 89.3 Å². The second kappa shape index (κ2) is 4.05. The van der Waals surface area contributed by atoms with Crippen molar-refractivity contribution in [3.05, 3.63) is 48.5 Å².